The lowest BCUT2D eigenvalue weighted by Crippen LogP contribution is -2.52. The second-order valence-corrected chi connectivity index (χ2v) is 5.91. The van der Waals surface area contributed by atoms with Crippen LogP contribution in [0.25, 0.3) is 0 Å². The van der Waals surface area contributed by atoms with Crippen LogP contribution in [0.2, 0.25) is 0 Å². The number of benzene rings is 1. The zero-order chi connectivity index (χ0) is 16.0. The second kappa shape index (κ2) is 7.06. The molecule has 1 aromatic rings. The number of urea groups is 1. The maximum Gasteiger partial charge on any atom is 0.326 e. The molecule has 0 fully saturated rings. The van der Waals surface area contributed by atoms with Gasteiger partial charge in [0.2, 0.25) is 0 Å². The van der Waals surface area contributed by atoms with E-state index >= 15 is 0 Å². The maximum atomic E-state index is 12.7. The number of hydrogen-bond donors (Lipinski definition) is 3. The average Bonchev–Trinajstić information content (AvgIpc) is 2.36. The van der Waals surface area contributed by atoms with Crippen molar-refractivity contribution in [3.8, 4) is 0 Å². The highest BCUT2D eigenvalue weighted by molar-refractivity contribution is 5.83. The first-order valence-corrected chi connectivity index (χ1v) is 6.72. The van der Waals surface area contributed by atoms with Crippen molar-refractivity contribution in [3.05, 3.63) is 35.6 Å². The predicted octanol–water partition coefficient (Wildman–Crippen LogP) is 2.17. The molecule has 2 amide bonds. The Morgan fingerprint density at radius 3 is 2.29 bits per heavy atom. The Morgan fingerprint density at radius 1 is 1.24 bits per heavy atom. The molecule has 0 saturated carbocycles. The summed E-state index contributed by atoms with van der Waals surface area (Å²) in [5.41, 5.74) is 0.308. The van der Waals surface area contributed by atoms with E-state index in [1.807, 2.05) is 0 Å². The van der Waals surface area contributed by atoms with E-state index in [2.05, 4.69) is 10.6 Å². The van der Waals surface area contributed by atoms with Crippen LogP contribution in [0, 0.1) is 11.2 Å². The van der Waals surface area contributed by atoms with Gasteiger partial charge >= 0.3 is 12.0 Å². The molecule has 0 bridgehead atoms. The molecular formula is C15H21FN2O3. The highest BCUT2D eigenvalue weighted by Crippen LogP contribution is 2.19. The summed E-state index contributed by atoms with van der Waals surface area (Å²) in [5, 5.41) is 14.1. The molecule has 21 heavy (non-hydrogen) atoms. The Balaban J connectivity index is 2.43. The number of hydrogen-bond acceptors (Lipinski definition) is 2. The summed E-state index contributed by atoms with van der Waals surface area (Å²) in [4.78, 5) is 22.8. The van der Waals surface area contributed by atoms with E-state index in [4.69, 9.17) is 5.11 Å². The summed E-state index contributed by atoms with van der Waals surface area (Å²) in [5.74, 6) is -1.38. The van der Waals surface area contributed by atoms with Crippen LogP contribution < -0.4 is 10.6 Å². The van der Waals surface area contributed by atoms with Crippen LogP contribution in [-0.4, -0.2) is 29.7 Å². The molecule has 0 aliphatic rings. The molecular weight excluding hydrogens is 275 g/mol. The fraction of sp³-hybridized carbons (Fsp3) is 0.467. The SMILES string of the molecule is CC(C)(C)[C@@H](NC(=O)NCCc1ccc(F)cc1)C(=O)O. The van der Waals surface area contributed by atoms with Gasteiger partial charge in [-0.1, -0.05) is 32.9 Å². The van der Waals surface area contributed by atoms with Crippen LogP contribution in [-0.2, 0) is 11.2 Å². The molecule has 0 aromatic heterocycles. The highest BCUT2D eigenvalue weighted by atomic mass is 19.1. The van der Waals surface area contributed by atoms with Crippen molar-refractivity contribution in [1.82, 2.24) is 10.6 Å². The molecule has 0 aliphatic heterocycles. The van der Waals surface area contributed by atoms with Crippen molar-refractivity contribution in [1.29, 1.82) is 0 Å². The largest absolute Gasteiger partial charge is 0.480 e. The molecule has 0 saturated heterocycles. The predicted molar refractivity (Wildman–Crippen MR) is 77.5 cm³/mol. The van der Waals surface area contributed by atoms with Crippen molar-refractivity contribution in [2.45, 2.75) is 33.2 Å². The lowest BCUT2D eigenvalue weighted by molar-refractivity contribution is -0.141. The van der Waals surface area contributed by atoms with Gasteiger partial charge in [-0.25, -0.2) is 14.0 Å². The van der Waals surface area contributed by atoms with Crippen molar-refractivity contribution < 1.29 is 19.1 Å². The number of halogens is 1. The van der Waals surface area contributed by atoms with E-state index in [0.29, 0.717) is 13.0 Å². The third-order valence-corrected chi connectivity index (χ3v) is 3.00. The number of carboxylic acid groups (broad SMARTS) is 1. The summed E-state index contributed by atoms with van der Waals surface area (Å²) in [6, 6.07) is 4.50. The van der Waals surface area contributed by atoms with Crippen LogP contribution in [0.15, 0.2) is 24.3 Å². The van der Waals surface area contributed by atoms with Gasteiger partial charge in [-0.2, -0.15) is 0 Å². The minimum absolute atomic E-state index is 0.307. The molecule has 6 heteroatoms. The first kappa shape index (κ1) is 16.9. The van der Waals surface area contributed by atoms with Gasteiger partial charge in [-0.3, -0.25) is 0 Å². The molecule has 0 heterocycles. The van der Waals surface area contributed by atoms with Crippen LogP contribution in [0.5, 0.6) is 0 Å². The molecule has 3 N–H and O–H groups in total. The number of amides is 2. The number of aliphatic carboxylic acids is 1. The van der Waals surface area contributed by atoms with Crippen LogP contribution in [0.4, 0.5) is 9.18 Å². The number of carbonyl (C=O) groups excluding carboxylic acids is 1. The first-order chi connectivity index (χ1) is 9.70. The quantitative estimate of drug-likeness (QED) is 0.779. The van der Waals surface area contributed by atoms with Gasteiger partial charge in [-0.05, 0) is 29.5 Å². The van der Waals surface area contributed by atoms with Crippen molar-refractivity contribution in [2.75, 3.05) is 6.54 Å². The van der Waals surface area contributed by atoms with E-state index in [-0.39, 0.29) is 5.82 Å². The Kier molecular flexibility index (Phi) is 5.69. The van der Waals surface area contributed by atoms with Crippen LogP contribution in [0.3, 0.4) is 0 Å². The fourth-order valence-corrected chi connectivity index (χ4v) is 1.80. The fourth-order valence-electron chi connectivity index (χ4n) is 1.80. The average molecular weight is 296 g/mol. The molecule has 0 unspecified atom stereocenters. The van der Waals surface area contributed by atoms with Gasteiger partial charge < -0.3 is 15.7 Å². The standard InChI is InChI=1S/C15H21FN2O3/c1-15(2,3)12(13(19)20)18-14(21)17-9-8-10-4-6-11(16)7-5-10/h4-7,12H,8-9H2,1-3H3,(H,19,20)(H2,17,18,21)/t12-/m0/s1. The Labute approximate surface area is 123 Å². The number of nitrogens with one attached hydrogen (secondary N) is 2. The molecule has 0 aliphatic carbocycles. The Morgan fingerprint density at radius 2 is 1.81 bits per heavy atom. The summed E-state index contributed by atoms with van der Waals surface area (Å²) in [6.45, 7) is 5.56. The summed E-state index contributed by atoms with van der Waals surface area (Å²) in [6.07, 6.45) is 0.543. The minimum Gasteiger partial charge on any atom is -0.480 e. The van der Waals surface area contributed by atoms with Gasteiger partial charge in [0.25, 0.3) is 0 Å². The van der Waals surface area contributed by atoms with Gasteiger partial charge in [-0.15, -0.1) is 0 Å². The van der Waals surface area contributed by atoms with Crippen LogP contribution in [0.1, 0.15) is 26.3 Å². The van der Waals surface area contributed by atoms with Crippen molar-refractivity contribution >= 4 is 12.0 Å². The lowest BCUT2D eigenvalue weighted by atomic mass is 9.87. The lowest BCUT2D eigenvalue weighted by Gasteiger charge is -2.27. The van der Waals surface area contributed by atoms with Gasteiger partial charge in [0.1, 0.15) is 11.9 Å². The van der Waals surface area contributed by atoms with Gasteiger partial charge in [0, 0.05) is 6.54 Å². The first-order valence-electron chi connectivity index (χ1n) is 6.72. The zero-order valence-corrected chi connectivity index (χ0v) is 12.4. The Bertz CT molecular complexity index is 495. The molecule has 1 aromatic carbocycles. The van der Waals surface area contributed by atoms with E-state index in [1.165, 1.54) is 12.1 Å². The molecule has 5 nitrogen and oxygen atoms in total. The summed E-state index contributed by atoms with van der Waals surface area (Å²) >= 11 is 0. The topological polar surface area (TPSA) is 78.4 Å². The van der Waals surface area contributed by atoms with Gasteiger partial charge in [0.15, 0.2) is 0 Å². The third kappa shape index (κ3) is 5.81. The summed E-state index contributed by atoms with van der Waals surface area (Å²) < 4.78 is 12.7. The number of carboxylic acids is 1. The molecule has 116 valence electrons. The molecule has 0 radical (unpaired) electrons. The minimum atomic E-state index is -1.07. The normalized spacial score (nSPS) is 12.6. The summed E-state index contributed by atoms with van der Waals surface area (Å²) in [7, 11) is 0. The zero-order valence-electron chi connectivity index (χ0n) is 12.4. The van der Waals surface area contributed by atoms with E-state index in [0.717, 1.165) is 5.56 Å². The highest BCUT2D eigenvalue weighted by Gasteiger charge is 2.32. The molecule has 1 atom stereocenters. The number of rotatable bonds is 5. The smallest absolute Gasteiger partial charge is 0.326 e. The maximum absolute atomic E-state index is 12.7. The van der Waals surface area contributed by atoms with Gasteiger partial charge in [0.05, 0.1) is 0 Å². The van der Waals surface area contributed by atoms with E-state index < -0.39 is 23.5 Å². The third-order valence-electron chi connectivity index (χ3n) is 3.00. The Hall–Kier alpha value is -2.11. The van der Waals surface area contributed by atoms with E-state index in [9.17, 15) is 14.0 Å². The molecule has 0 spiro atoms. The monoisotopic (exact) mass is 296 g/mol. The second-order valence-electron chi connectivity index (χ2n) is 5.91. The van der Waals surface area contributed by atoms with Crippen molar-refractivity contribution in [2.24, 2.45) is 5.41 Å². The van der Waals surface area contributed by atoms with E-state index in [1.54, 1.807) is 32.9 Å². The molecule has 1 rings (SSSR count). The van der Waals surface area contributed by atoms with Crippen LogP contribution >= 0.6 is 0 Å². The van der Waals surface area contributed by atoms with Crippen molar-refractivity contribution in [3.63, 3.8) is 0 Å². The number of carbonyl (C=O) groups is 2.